The molecule has 4 heteroatoms. The Morgan fingerprint density at radius 2 is 0.875 bits per heavy atom. The topological polar surface area (TPSA) is 29.5 Å². The van der Waals surface area contributed by atoms with Crippen LogP contribution >= 0.6 is 11.3 Å². The molecule has 0 atom stereocenters. The third kappa shape index (κ3) is 3.69. The molecule has 8 aromatic carbocycles. The number of benzene rings is 8. The van der Waals surface area contributed by atoms with Crippen LogP contribution in [0.5, 0.6) is 0 Å². The van der Waals surface area contributed by atoms with E-state index in [1.807, 2.05) is 35.6 Å². The number of rotatable bonds is 3. The Bertz CT molecular complexity index is 2970. The SMILES string of the molecule is c1ccc2c(c1)oc1cc(N(c3ccc4c(c3)oc3ccccc34)c3ccc4ccc5ccc6sc7ccccc7c6c5c4c3)ccc12. The number of hydrogen-bond donors (Lipinski definition) is 0. The van der Waals surface area contributed by atoms with Crippen LogP contribution in [0, 0.1) is 0 Å². The van der Waals surface area contributed by atoms with Crippen molar-refractivity contribution in [2.75, 3.05) is 4.90 Å². The van der Waals surface area contributed by atoms with Crippen LogP contribution in [-0.4, -0.2) is 0 Å². The fourth-order valence-electron chi connectivity index (χ4n) is 7.64. The molecule has 224 valence electrons. The molecule has 0 bridgehead atoms. The fourth-order valence-corrected chi connectivity index (χ4v) is 8.75. The first-order chi connectivity index (χ1) is 23.8. The van der Waals surface area contributed by atoms with Crippen molar-refractivity contribution in [2.24, 2.45) is 0 Å². The average molecular weight is 632 g/mol. The first-order valence-electron chi connectivity index (χ1n) is 16.2. The van der Waals surface area contributed by atoms with Crippen molar-refractivity contribution in [3.8, 4) is 0 Å². The van der Waals surface area contributed by atoms with Gasteiger partial charge in [0.15, 0.2) is 0 Å². The highest BCUT2D eigenvalue weighted by Gasteiger charge is 2.19. The van der Waals surface area contributed by atoms with E-state index in [0.29, 0.717) is 0 Å². The maximum Gasteiger partial charge on any atom is 0.137 e. The maximum atomic E-state index is 6.39. The molecule has 0 fully saturated rings. The molecule has 0 amide bonds. The van der Waals surface area contributed by atoms with Crippen molar-refractivity contribution in [1.29, 1.82) is 0 Å². The summed E-state index contributed by atoms with van der Waals surface area (Å²) < 4.78 is 15.4. The van der Waals surface area contributed by atoms with E-state index in [1.165, 1.54) is 41.7 Å². The highest BCUT2D eigenvalue weighted by atomic mass is 32.1. The maximum absolute atomic E-state index is 6.39. The molecular weight excluding hydrogens is 607 g/mol. The van der Waals surface area contributed by atoms with Crippen molar-refractivity contribution >= 4 is 114 Å². The van der Waals surface area contributed by atoms with Gasteiger partial charge in [-0.05, 0) is 82.2 Å². The molecule has 3 nitrogen and oxygen atoms in total. The van der Waals surface area contributed by atoms with Gasteiger partial charge in [0.1, 0.15) is 22.3 Å². The van der Waals surface area contributed by atoms with Gasteiger partial charge in [0.2, 0.25) is 0 Å². The Hall–Kier alpha value is -6.10. The van der Waals surface area contributed by atoms with Crippen molar-refractivity contribution in [3.05, 3.63) is 152 Å². The van der Waals surface area contributed by atoms with Crippen LogP contribution in [0.2, 0.25) is 0 Å². The molecule has 11 aromatic rings. The lowest BCUT2D eigenvalue weighted by Crippen LogP contribution is -2.09. The van der Waals surface area contributed by atoms with E-state index in [9.17, 15) is 0 Å². The molecule has 0 saturated heterocycles. The van der Waals surface area contributed by atoms with Crippen LogP contribution in [0.1, 0.15) is 0 Å². The predicted octanol–water partition coefficient (Wildman–Crippen LogP) is 13.6. The largest absolute Gasteiger partial charge is 0.456 e. The summed E-state index contributed by atoms with van der Waals surface area (Å²) in [6.07, 6.45) is 0. The van der Waals surface area contributed by atoms with E-state index in [1.54, 1.807) is 0 Å². The minimum absolute atomic E-state index is 0.862. The van der Waals surface area contributed by atoms with Gasteiger partial charge in [-0.1, -0.05) is 78.9 Å². The molecule has 0 spiro atoms. The van der Waals surface area contributed by atoms with Gasteiger partial charge in [-0.25, -0.2) is 0 Å². The molecule has 48 heavy (non-hydrogen) atoms. The fraction of sp³-hybridized carbons (Fsp3) is 0. The Morgan fingerprint density at radius 1 is 0.354 bits per heavy atom. The smallest absolute Gasteiger partial charge is 0.137 e. The third-order valence-electron chi connectivity index (χ3n) is 9.82. The summed E-state index contributed by atoms with van der Waals surface area (Å²) in [5, 5.41) is 12.1. The number of nitrogens with zero attached hydrogens (tertiary/aromatic N) is 1. The van der Waals surface area contributed by atoms with Crippen LogP contribution in [-0.2, 0) is 0 Å². The molecule has 0 radical (unpaired) electrons. The van der Waals surface area contributed by atoms with Crippen LogP contribution in [0.3, 0.4) is 0 Å². The molecule has 0 N–H and O–H groups in total. The summed E-state index contributed by atoms with van der Waals surface area (Å²) in [5.41, 5.74) is 6.61. The Labute approximate surface area is 278 Å². The van der Waals surface area contributed by atoms with E-state index >= 15 is 0 Å². The first kappa shape index (κ1) is 26.0. The Balaban J connectivity index is 1.20. The summed E-state index contributed by atoms with van der Waals surface area (Å²) in [5.74, 6) is 0. The van der Waals surface area contributed by atoms with Gasteiger partial charge in [-0.3, -0.25) is 0 Å². The molecule has 0 aliphatic carbocycles. The lowest BCUT2D eigenvalue weighted by atomic mass is 9.97. The highest BCUT2D eigenvalue weighted by molar-refractivity contribution is 7.26. The quantitative estimate of drug-likeness (QED) is 0.182. The second kappa shape index (κ2) is 9.71. The average Bonchev–Trinajstić information content (AvgIpc) is 3.82. The van der Waals surface area contributed by atoms with Gasteiger partial charge in [0.05, 0.1) is 0 Å². The first-order valence-corrected chi connectivity index (χ1v) is 17.0. The van der Waals surface area contributed by atoms with E-state index in [4.69, 9.17) is 8.83 Å². The van der Waals surface area contributed by atoms with Gasteiger partial charge in [0.25, 0.3) is 0 Å². The van der Waals surface area contributed by atoms with E-state index in [2.05, 4.69) is 132 Å². The van der Waals surface area contributed by atoms with Gasteiger partial charge in [0, 0.05) is 70.9 Å². The second-order valence-electron chi connectivity index (χ2n) is 12.5. The zero-order valence-corrected chi connectivity index (χ0v) is 26.4. The monoisotopic (exact) mass is 631 g/mol. The molecule has 3 heterocycles. The zero-order chi connectivity index (χ0) is 31.3. The molecular formula is C44H25NO2S. The van der Waals surface area contributed by atoms with Crippen LogP contribution in [0.15, 0.2) is 160 Å². The molecule has 0 aliphatic heterocycles. The standard InChI is InChI=1S/C44H25NO2S/c1-4-10-37-31(7-1)33-20-18-29(24-39(33)46-37)45(30-19-21-34-32-8-2-5-11-38(32)47-40(34)25-30)28-17-15-26-13-14-27-16-22-42-44(43(27)36(26)23-28)35-9-3-6-12-41(35)48-42/h1-25H. The van der Waals surface area contributed by atoms with Gasteiger partial charge < -0.3 is 13.7 Å². The predicted molar refractivity (Wildman–Crippen MR) is 204 cm³/mol. The minimum atomic E-state index is 0.862. The summed E-state index contributed by atoms with van der Waals surface area (Å²) >= 11 is 1.86. The second-order valence-corrected chi connectivity index (χ2v) is 13.6. The Morgan fingerprint density at radius 3 is 1.58 bits per heavy atom. The molecule has 0 unspecified atom stereocenters. The lowest BCUT2D eigenvalue weighted by molar-refractivity contribution is 0.669. The molecule has 3 aromatic heterocycles. The summed E-state index contributed by atoms with van der Waals surface area (Å²) in [6.45, 7) is 0. The van der Waals surface area contributed by atoms with Crippen molar-refractivity contribution in [1.82, 2.24) is 0 Å². The molecule has 11 rings (SSSR count). The highest BCUT2D eigenvalue weighted by Crippen LogP contribution is 2.45. The zero-order valence-electron chi connectivity index (χ0n) is 25.6. The van der Waals surface area contributed by atoms with Crippen LogP contribution in [0.25, 0.3) is 85.6 Å². The number of anilines is 3. The molecule has 0 saturated carbocycles. The van der Waals surface area contributed by atoms with Gasteiger partial charge in [-0.15, -0.1) is 11.3 Å². The number of para-hydroxylation sites is 2. The summed E-state index contributed by atoms with van der Waals surface area (Å²) in [7, 11) is 0. The number of hydrogen-bond acceptors (Lipinski definition) is 4. The van der Waals surface area contributed by atoms with Gasteiger partial charge in [-0.2, -0.15) is 0 Å². The van der Waals surface area contributed by atoms with Gasteiger partial charge >= 0.3 is 0 Å². The molecule has 0 aliphatic rings. The van der Waals surface area contributed by atoms with E-state index in [0.717, 1.165) is 60.9 Å². The number of fused-ring (bicyclic) bond motifs is 13. The number of thiophene rings is 1. The summed E-state index contributed by atoms with van der Waals surface area (Å²) in [6, 6.07) is 54.2. The van der Waals surface area contributed by atoms with Crippen LogP contribution < -0.4 is 4.90 Å². The van der Waals surface area contributed by atoms with E-state index < -0.39 is 0 Å². The van der Waals surface area contributed by atoms with Crippen LogP contribution in [0.4, 0.5) is 17.1 Å². The Kier molecular flexibility index (Phi) is 5.26. The van der Waals surface area contributed by atoms with Crippen molar-refractivity contribution in [2.45, 2.75) is 0 Å². The normalized spacial score (nSPS) is 12.2. The number of furan rings is 2. The van der Waals surface area contributed by atoms with E-state index in [-0.39, 0.29) is 0 Å². The van der Waals surface area contributed by atoms with Crippen molar-refractivity contribution in [3.63, 3.8) is 0 Å². The lowest BCUT2D eigenvalue weighted by Gasteiger charge is -2.26. The van der Waals surface area contributed by atoms with Crippen molar-refractivity contribution < 1.29 is 8.83 Å². The minimum Gasteiger partial charge on any atom is -0.456 e. The third-order valence-corrected chi connectivity index (χ3v) is 11.0. The summed E-state index contributed by atoms with van der Waals surface area (Å²) in [4.78, 5) is 2.32.